The lowest BCUT2D eigenvalue weighted by molar-refractivity contribution is -0.0276. The van der Waals surface area contributed by atoms with Crippen molar-refractivity contribution in [3.63, 3.8) is 0 Å². The number of hydrogen-bond acceptors (Lipinski definition) is 7. The summed E-state index contributed by atoms with van der Waals surface area (Å²) >= 11 is 1.40. The predicted octanol–water partition coefficient (Wildman–Crippen LogP) is 4.38. The number of primary amides is 1. The molecule has 0 radical (unpaired) electrons. The third kappa shape index (κ3) is 6.37. The number of carbonyl (C=O) groups excluding carboxylic acids is 1. The molecule has 5 N–H and O–H groups in total. The molecule has 0 saturated heterocycles. The molecule has 0 aliphatic heterocycles. The van der Waals surface area contributed by atoms with Gasteiger partial charge in [0.1, 0.15) is 10.8 Å². The maximum absolute atomic E-state index is 12.0. The van der Waals surface area contributed by atoms with Gasteiger partial charge in [0.05, 0.1) is 36.2 Å². The zero-order chi connectivity index (χ0) is 23.3. The van der Waals surface area contributed by atoms with Crippen LogP contribution < -0.4 is 11.1 Å². The molecule has 0 aliphatic carbocycles. The van der Waals surface area contributed by atoms with Crippen molar-refractivity contribution < 1.29 is 19.7 Å². The van der Waals surface area contributed by atoms with Crippen LogP contribution in [0.1, 0.15) is 54.9 Å². The standard InChI is InChI=1S/C24H29N3O4S/c1-4-19(28)15-8-10-16(11-9-15)20-12-18(22(25)29)23(32-20)27-21-7-5-6-17(26-21)13-31-14-24(2,3)30/h5-12,19,28,30H,4,13-14H2,1-3H3,(H2,25,29)(H,26,27). The van der Waals surface area contributed by atoms with Gasteiger partial charge in [-0.25, -0.2) is 4.98 Å². The summed E-state index contributed by atoms with van der Waals surface area (Å²) in [5, 5.41) is 23.6. The van der Waals surface area contributed by atoms with Gasteiger partial charge in [-0.15, -0.1) is 11.3 Å². The highest BCUT2D eigenvalue weighted by atomic mass is 32.1. The number of anilines is 2. The highest BCUT2D eigenvalue weighted by Gasteiger charge is 2.17. The largest absolute Gasteiger partial charge is 0.388 e. The topological polar surface area (TPSA) is 118 Å². The second-order valence-corrected chi connectivity index (χ2v) is 9.26. The first kappa shape index (κ1) is 23.9. The molecule has 2 heterocycles. The average molecular weight is 456 g/mol. The zero-order valence-corrected chi connectivity index (χ0v) is 19.3. The van der Waals surface area contributed by atoms with Crippen LogP contribution in [0.4, 0.5) is 10.8 Å². The normalized spacial score (nSPS) is 12.5. The Morgan fingerprint density at radius 1 is 1.25 bits per heavy atom. The third-order valence-corrected chi connectivity index (χ3v) is 5.82. The predicted molar refractivity (Wildman–Crippen MR) is 127 cm³/mol. The molecule has 0 fully saturated rings. The minimum Gasteiger partial charge on any atom is -0.388 e. The van der Waals surface area contributed by atoms with Gasteiger partial charge < -0.3 is 26.0 Å². The van der Waals surface area contributed by atoms with E-state index in [-0.39, 0.29) is 13.2 Å². The van der Waals surface area contributed by atoms with Gasteiger partial charge in [0.15, 0.2) is 0 Å². The second-order valence-electron chi connectivity index (χ2n) is 8.21. The molecule has 1 aromatic carbocycles. The van der Waals surface area contributed by atoms with E-state index in [1.807, 2.05) is 43.3 Å². The number of amides is 1. The molecular weight excluding hydrogens is 426 g/mol. The maximum atomic E-state index is 12.0. The minimum absolute atomic E-state index is 0.195. The van der Waals surface area contributed by atoms with Crippen molar-refractivity contribution in [2.24, 2.45) is 5.73 Å². The van der Waals surface area contributed by atoms with Crippen molar-refractivity contribution in [2.45, 2.75) is 45.5 Å². The van der Waals surface area contributed by atoms with Crippen molar-refractivity contribution in [3.05, 3.63) is 65.4 Å². The Kier molecular flexibility index (Phi) is 7.63. The summed E-state index contributed by atoms with van der Waals surface area (Å²) in [7, 11) is 0. The fourth-order valence-corrected chi connectivity index (χ4v) is 4.14. The number of aliphatic hydroxyl groups excluding tert-OH is 1. The van der Waals surface area contributed by atoms with Gasteiger partial charge in [-0.05, 0) is 49.6 Å². The van der Waals surface area contributed by atoms with Crippen LogP contribution in [0.2, 0.25) is 0 Å². The minimum atomic E-state index is -0.910. The fraction of sp³-hybridized carbons (Fsp3) is 0.333. The molecule has 170 valence electrons. The molecule has 3 rings (SSSR count). The number of pyridine rings is 1. The van der Waals surface area contributed by atoms with Gasteiger partial charge in [0.25, 0.3) is 5.91 Å². The van der Waals surface area contributed by atoms with Gasteiger partial charge in [-0.1, -0.05) is 37.3 Å². The van der Waals surface area contributed by atoms with Crippen LogP contribution >= 0.6 is 11.3 Å². The molecule has 0 bridgehead atoms. The fourth-order valence-electron chi connectivity index (χ4n) is 3.07. The number of carbonyl (C=O) groups is 1. The van der Waals surface area contributed by atoms with E-state index in [4.69, 9.17) is 10.5 Å². The molecular formula is C24H29N3O4S. The molecule has 8 heteroatoms. The summed E-state index contributed by atoms with van der Waals surface area (Å²) < 4.78 is 5.52. The number of ether oxygens (including phenoxy) is 1. The first-order chi connectivity index (χ1) is 15.2. The van der Waals surface area contributed by atoms with Crippen LogP contribution in [0.15, 0.2) is 48.5 Å². The monoisotopic (exact) mass is 455 g/mol. The quantitative estimate of drug-likeness (QED) is 0.360. The van der Waals surface area contributed by atoms with Gasteiger partial charge in [0.2, 0.25) is 0 Å². The van der Waals surface area contributed by atoms with E-state index in [0.29, 0.717) is 28.5 Å². The first-order valence-corrected chi connectivity index (χ1v) is 11.2. The molecule has 2 aromatic heterocycles. The van der Waals surface area contributed by atoms with Gasteiger partial charge in [-0.3, -0.25) is 4.79 Å². The molecule has 0 spiro atoms. The lowest BCUT2D eigenvalue weighted by Gasteiger charge is -2.16. The summed E-state index contributed by atoms with van der Waals surface area (Å²) in [6, 6.07) is 14.9. The van der Waals surface area contributed by atoms with Crippen LogP contribution in [-0.2, 0) is 11.3 Å². The van der Waals surface area contributed by atoms with E-state index >= 15 is 0 Å². The lowest BCUT2D eigenvalue weighted by atomic mass is 10.0. The SMILES string of the molecule is CCC(O)c1ccc(-c2cc(C(N)=O)c(Nc3cccc(COCC(C)(C)O)n3)s2)cc1. The van der Waals surface area contributed by atoms with Crippen LogP contribution in [0.5, 0.6) is 0 Å². The number of rotatable bonds is 10. The van der Waals surface area contributed by atoms with Crippen molar-refractivity contribution in [2.75, 3.05) is 11.9 Å². The van der Waals surface area contributed by atoms with Gasteiger partial charge in [0, 0.05) is 4.88 Å². The second kappa shape index (κ2) is 10.2. The molecule has 0 aliphatic rings. The summed E-state index contributed by atoms with van der Waals surface area (Å²) in [6.07, 6.45) is 0.157. The van der Waals surface area contributed by atoms with Crippen LogP contribution in [-0.4, -0.2) is 33.3 Å². The lowest BCUT2D eigenvalue weighted by Crippen LogP contribution is -2.25. The Morgan fingerprint density at radius 2 is 1.97 bits per heavy atom. The molecule has 1 atom stereocenters. The number of aliphatic hydroxyl groups is 2. The van der Waals surface area contributed by atoms with E-state index < -0.39 is 17.6 Å². The van der Waals surface area contributed by atoms with Gasteiger partial charge in [-0.2, -0.15) is 0 Å². The maximum Gasteiger partial charge on any atom is 0.251 e. The summed E-state index contributed by atoms with van der Waals surface area (Å²) in [6.45, 7) is 5.74. The van der Waals surface area contributed by atoms with E-state index in [1.165, 1.54) is 11.3 Å². The van der Waals surface area contributed by atoms with Crippen molar-refractivity contribution >= 4 is 28.1 Å². The Bertz CT molecular complexity index is 1060. The van der Waals surface area contributed by atoms with Crippen molar-refractivity contribution in [3.8, 4) is 10.4 Å². The molecule has 3 aromatic rings. The number of nitrogens with two attached hydrogens (primary N) is 1. The zero-order valence-electron chi connectivity index (χ0n) is 18.5. The molecule has 0 saturated carbocycles. The van der Waals surface area contributed by atoms with E-state index in [0.717, 1.165) is 16.0 Å². The van der Waals surface area contributed by atoms with Crippen LogP contribution in [0, 0.1) is 0 Å². The number of nitrogens with one attached hydrogen (secondary N) is 1. The Labute approximate surface area is 191 Å². The molecule has 32 heavy (non-hydrogen) atoms. The summed E-state index contributed by atoms with van der Waals surface area (Å²) in [5.74, 6) is 0.0318. The van der Waals surface area contributed by atoms with Crippen molar-refractivity contribution in [1.82, 2.24) is 4.98 Å². The van der Waals surface area contributed by atoms with E-state index in [1.54, 1.807) is 26.0 Å². The number of thiophene rings is 1. The van der Waals surface area contributed by atoms with E-state index in [9.17, 15) is 15.0 Å². The van der Waals surface area contributed by atoms with Gasteiger partial charge >= 0.3 is 0 Å². The van der Waals surface area contributed by atoms with Crippen LogP contribution in [0.3, 0.4) is 0 Å². The third-order valence-electron chi connectivity index (χ3n) is 4.72. The number of nitrogens with zero attached hydrogens (tertiary/aromatic N) is 1. The Hall–Kier alpha value is -2.78. The Balaban J connectivity index is 1.79. The van der Waals surface area contributed by atoms with E-state index in [2.05, 4.69) is 10.3 Å². The molecule has 1 amide bonds. The summed E-state index contributed by atoms with van der Waals surface area (Å²) in [5.41, 5.74) is 7.56. The Morgan fingerprint density at radius 3 is 2.59 bits per heavy atom. The molecule has 1 unspecified atom stereocenters. The number of hydrogen-bond donors (Lipinski definition) is 4. The number of aromatic nitrogens is 1. The first-order valence-electron chi connectivity index (χ1n) is 10.4. The smallest absolute Gasteiger partial charge is 0.251 e. The molecule has 7 nitrogen and oxygen atoms in total. The summed E-state index contributed by atoms with van der Waals surface area (Å²) in [4.78, 5) is 17.4. The number of benzene rings is 1. The highest BCUT2D eigenvalue weighted by molar-refractivity contribution is 7.19. The van der Waals surface area contributed by atoms with Crippen LogP contribution in [0.25, 0.3) is 10.4 Å². The van der Waals surface area contributed by atoms with Crippen molar-refractivity contribution in [1.29, 1.82) is 0 Å². The average Bonchev–Trinajstić information content (AvgIpc) is 3.17. The highest BCUT2D eigenvalue weighted by Crippen LogP contribution is 2.37.